The van der Waals surface area contributed by atoms with E-state index in [9.17, 15) is 29.1 Å². The van der Waals surface area contributed by atoms with Crippen LogP contribution in [0.4, 0.5) is 0 Å². The van der Waals surface area contributed by atoms with Gasteiger partial charge in [0.1, 0.15) is 12.1 Å². The summed E-state index contributed by atoms with van der Waals surface area (Å²) in [5.74, 6) is -6.33. The topological polar surface area (TPSA) is 148 Å². The molecule has 0 unspecified atom stereocenters. The van der Waals surface area contributed by atoms with Crippen LogP contribution in [0.3, 0.4) is 0 Å². The summed E-state index contributed by atoms with van der Waals surface area (Å²) in [5, 5.41) is 14.1. The summed E-state index contributed by atoms with van der Waals surface area (Å²) in [4.78, 5) is 59.4. The normalized spacial score (nSPS) is 13.9. The van der Waals surface area contributed by atoms with Gasteiger partial charge in [0.2, 0.25) is 11.8 Å². The zero-order valence-electron chi connectivity index (χ0n) is 16.2. The summed E-state index contributed by atoms with van der Waals surface area (Å²) in [7, 11) is 0. The van der Waals surface area contributed by atoms with Crippen LogP contribution in [0, 0.1) is 11.8 Å². The van der Waals surface area contributed by atoms with E-state index in [2.05, 4.69) is 10.6 Å². The Morgan fingerprint density at radius 2 is 1.48 bits per heavy atom. The average molecular weight is 388 g/mol. The van der Waals surface area contributed by atoms with Gasteiger partial charge in [0.15, 0.2) is 0 Å². The second kappa shape index (κ2) is 11.9. The smallest absolute Gasteiger partial charge is 0.327 e. The number of carboxylic acid groups (broad SMARTS) is 1. The minimum atomic E-state index is -1.73. The molecule has 27 heavy (non-hydrogen) atoms. The summed E-state index contributed by atoms with van der Waals surface area (Å²) >= 11 is 0. The van der Waals surface area contributed by atoms with Gasteiger partial charge in [-0.15, -0.1) is 0 Å². The van der Waals surface area contributed by atoms with Crippen molar-refractivity contribution in [3.05, 3.63) is 0 Å². The molecule has 0 spiro atoms. The predicted molar refractivity (Wildman–Crippen MR) is 93.4 cm³/mol. The number of carboxylic acids is 1. The fourth-order valence-electron chi connectivity index (χ4n) is 2.32. The van der Waals surface area contributed by atoms with Crippen LogP contribution in [-0.4, -0.2) is 60.1 Å². The van der Waals surface area contributed by atoms with Crippen molar-refractivity contribution in [1.29, 1.82) is 0 Å². The molecule has 0 heterocycles. The van der Waals surface area contributed by atoms with Gasteiger partial charge < -0.3 is 25.2 Å². The maximum atomic E-state index is 12.5. The lowest BCUT2D eigenvalue weighted by atomic mass is 9.94. The van der Waals surface area contributed by atoms with E-state index in [0.29, 0.717) is 0 Å². The SMILES string of the molecule is CCOC(=O)C[C@H](C(=O)OCC)[C@H](NC(=O)[C@H](NC(C)=O)C(C)C)C(=O)O. The molecule has 0 bridgehead atoms. The van der Waals surface area contributed by atoms with E-state index in [1.165, 1.54) is 13.8 Å². The maximum Gasteiger partial charge on any atom is 0.327 e. The zero-order valence-corrected chi connectivity index (χ0v) is 16.2. The molecule has 10 heteroatoms. The number of aliphatic carboxylic acids is 1. The molecule has 0 fully saturated rings. The van der Waals surface area contributed by atoms with Gasteiger partial charge >= 0.3 is 17.9 Å². The fraction of sp³-hybridized carbons (Fsp3) is 0.706. The highest BCUT2D eigenvalue weighted by molar-refractivity contribution is 5.93. The number of amides is 2. The van der Waals surface area contributed by atoms with Crippen LogP contribution < -0.4 is 10.6 Å². The maximum absolute atomic E-state index is 12.5. The second-order valence-corrected chi connectivity index (χ2v) is 6.11. The highest BCUT2D eigenvalue weighted by Gasteiger charge is 2.39. The summed E-state index contributed by atoms with van der Waals surface area (Å²) in [6, 6.07) is -2.73. The third-order valence-electron chi connectivity index (χ3n) is 3.56. The van der Waals surface area contributed by atoms with E-state index in [0.717, 1.165) is 0 Å². The Hall–Kier alpha value is -2.65. The lowest BCUT2D eigenvalue weighted by Gasteiger charge is -2.26. The number of carbonyl (C=O) groups is 5. The molecule has 0 aromatic rings. The Morgan fingerprint density at radius 3 is 1.89 bits per heavy atom. The van der Waals surface area contributed by atoms with Crippen LogP contribution in [0.1, 0.15) is 41.0 Å². The average Bonchev–Trinajstić information content (AvgIpc) is 2.55. The van der Waals surface area contributed by atoms with E-state index in [-0.39, 0.29) is 19.1 Å². The molecule has 0 saturated heterocycles. The van der Waals surface area contributed by atoms with Gasteiger partial charge in [0, 0.05) is 6.92 Å². The third-order valence-corrected chi connectivity index (χ3v) is 3.56. The van der Waals surface area contributed by atoms with Gasteiger partial charge in [-0.3, -0.25) is 19.2 Å². The third kappa shape index (κ3) is 8.52. The Bertz CT molecular complexity index is 561. The molecular formula is C17H28N2O8. The van der Waals surface area contributed by atoms with E-state index in [1.54, 1.807) is 20.8 Å². The highest BCUT2D eigenvalue weighted by atomic mass is 16.5. The van der Waals surface area contributed by atoms with Crippen molar-refractivity contribution in [3.63, 3.8) is 0 Å². The Morgan fingerprint density at radius 1 is 0.926 bits per heavy atom. The van der Waals surface area contributed by atoms with Crippen LogP contribution in [-0.2, 0) is 33.4 Å². The molecule has 10 nitrogen and oxygen atoms in total. The molecule has 0 aliphatic carbocycles. The molecule has 3 atom stereocenters. The molecule has 0 rings (SSSR count). The van der Waals surface area contributed by atoms with Crippen LogP contribution >= 0.6 is 0 Å². The zero-order chi connectivity index (χ0) is 21.1. The number of ether oxygens (including phenoxy) is 2. The Labute approximate surface area is 158 Å². The Balaban J connectivity index is 5.58. The lowest BCUT2D eigenvalue weighted by molar-refractivity contribution is -0.160. The summed E-state index contributed by atoms with van der Waals surface area (Å²) in [6.45, 7) is 7.66. The number of esters is 2. The standard InChI is InChI=1S/C17H28N2O8/c1-6-26-12(21)8-11(17(25)27-7-2)14(16(23)24)19-15(22)13(9(3)4)18-10(5)20/h9,11,13-14H,6-8H2,1-5H3,(H,18,20)(H,19,22)(H,23,24)/t11-,13+,14-/m0/s1. The minimum Gasteiger partial charge on any atom is -0.480 e. The number of carbonyl (C=O) groups excluding carboxylic acids is 4. The summed E-state index contributed by atoms with van der Waals surface area (Å²) in [6.07, 6.45) is -0.573. The van der Waals surface area contributed by atoms with Crippen LogP contribution in [0.2, 0.25) is 0 Å². The van der Waals surface area contributed by atoms with Crippen molar-refractivity contribution >= 4 is 29.7 Å². The number of hydrogen-bond donors (Lipinski definition) is 3. The van der Waals surface area contributed by atoms with Crippen molar-refractivity contribution in [2.24, 2.45) is 11.8 Å². The van der Waals surface area contributed by atoms with Crippen molar-refractivity contribution < 1.29 is 38.6 Å². The molecule has 154 valence electrons. The van der Waals surface area contributed by atoms with E-state index in [1.807, 2.05) is 0 Å². The number of nitrogens with one attached hydrogen (secondary N) is 2. The largest absolute Gasteiger partial charge is 0.480 e. The van der Waals surface area contributed by atoms with Crippen LogP contribution in [0.5, 0.6) is 0 Å². The first-order valence-corrected chi connectivity index (χ1v) is 8.67. The number of hydrogen-bond acceptors (Lipinski definition) is 7. The highest BCUT2D eigenvalue weighted by Crippen LogP contribution is 2.15. The molecule has 0 aromatic heterocycles. The number of rotatable bonds is 11. The molecular weight excluding hydrogens is 360 g/mol. The van der Waals surface area contributed by atoms with Crippen molar-refractivity contribution in [2.75, 3.05) is 13.2 Å². The van der Waals surface area contributed by atoms with E-state index >= 15 is 0 Å². The summed E-state index contributed by atoms with van der Waals surface area (Å²) in [5.41, 5.74) is 0. The first-order valence-electron chi connectivity index (χ1n) is 8.67. The molecule has 3 N–H and O–H groups in total. The van der Waals surface area contributed by atoms with Gasteiger partial charge in [-0.1, -0.05) is 13.8 Å². The molecule has 0 radical (unpaired) electrons. The molecule has 0 aromatic carbocycles. The van der Waals surface area contributed by atoms with Gasteiger partial charge in [-0.2, -0.15) is 0 Å². The van der Waals surface area contributed by atoms with Gasteiger partial charge in [-0.25, -0.2) is 4.79 Å². The predicted octanol–water partition coefficient (Wildman–Crippen LogP) is -0.151. The van der Waals surface area contributed by atoms with Gasteiger partial charge in [-0.05, 0) is 19.8 Å². The molecule has 0 aliphatic rings. The molecule has 0 saturated carbocycles. The second-order valence-electron chi connectivity index (χ2n) is 6.11. The van der Waals surface area contributed by atoms with Gasteiger partial charge in [0.05, 0.1) is 25.6 Å². The minimum absolute atomic E-state index is 0.0288. The first-order chi connectivity index (χ1) is 12.5. The van der Waals surface area contributed by atoms with Crippen LogP contribution in [0.25, 0.3) is 0 Å². The monoisotopic (exact) mass is 388 g/mol. The van der Waals surface area contributed by atoms with E-state index < -0.39 is 54.1 Å². The van der Waals surface area contributed by atoms with E-state index in [4.69, 9.17) is 9.47 Å². The molecule has 2 amide bonds. The Kier molecular flexibility index (Phi) is 10.7. The van der Waals surface area contributed by atoms with Crippen molar-refractivity contribution in [3.8, 4) is 0 Å². The van der Waals surface area contributed by atoms with Crippen LogP contribution in [0.15, 0.2) is 0 Å². The quantitative estimate of drug-likeness (QED) is 0.414. The lowest BCUT2D eigenvalue weighted by Crippen LogP contribution is -2.56. The van der Waals surface area contributed by atoms with Gasteiger partial charge in [0.25, 0.3) is 0 Å². The van der Waals surface area contributed by atoms with Crippen molar-refractivity contribution in [1.82, 2.24) is 10.6 Å². The summed E-state index contributed by atoms with van der Waals surface area (Å²) < 4.78 is 9.60. The molecule has 0 aliphatic heterocycles. The first kappa shape index (κ1) is 24.4. The van der Waals surface area contributed by atoms with Crippen molar-refractivity contribution in [2.45, 2.75) is 53.1 Å². The fourth-order valence-corrected chi connectivity index (χ4v) is 2.32.